The van der Waals surface area contributed by atoms with Crippen LogP contribution in [-0.4, -0.2) is 58.2 Å². The summed E-state index contributed by atoms with van der Waals surface area (Å²) in [5.41, 5.74) is 2.45. The minimum absolute atomic E-state index is 0.0693. The molecule has 1 aromatic rings. The Bertz CT molecular complexity index is 1140. The highest BCUT2D eigenvalue weighted by Gasteiger charge is 2.54. The molecule has 1 atom stereocenters. The number of fused-ring (bicyclic) bond motifs is 1. The molecule has 0 aromatic heterocycles. The molecule has 2 heterocycles. The van der Waals surface area contributed by atoms with E-state index in [1.165, 1.54) is 12.8 Å². The molecule has 4 aliphatic rings. The molecule has 2 fully saturated rings. The van der Waals surface area contributed by atoms with E-state index >= 15 is 0 Å². The SMILES string of the molecule is CN1C(=O)NC(=O)[C@@]12Cc1ccc(/C=C/CN3C(=O)C(C(C)(C)C)=NC34CCCCCC4)cc1C2. The van der Waals surface area contributed by atoms with E-state index in [9.17, 15) is 14.4 Å². The molecule has 1 N–H and O–H groups in total. The average molecular weight is 477 g/mol. The maximum Gasteiger partial charge on any atom is 0.324 e. The summed E-state index contributed by atoms with van der Waals surface area (Å²) in [6, 6.07) is 5.88. The van der Waals surface area contributed by atoms with Crippen LogP contribution >= 0.6 is 0 Å². The van der Waals surface area contributed by atoms with Gasteiger partial charge in [0, 0.05) is 31.8 Å². The number of hydrogen-bond donors (Lipinski definition) is 1. The molecule has 1 saturated carbocycles. The Morgan fingerprint density at radius 2 is 1.71 bits per heavy atom. The molecular formula is C28H36N4O3. The first-order valence-electron chi connectivity index (χ1n) is 12.9. The molecule has 7 heteroatoms. The molecule has 1 aromatic carbocycles. The molecule has 7 nitrogen and oxygen atoms in total. The van der Waals surface area contributed by atoms with Crippen molar-refractivity contribution >= 4 is 29.6 Å². The zero-order valence-electron chi connectivity index (χ0n) is 21.3. The molecule has 186 valence electrons. The van der Waals surface area contributed by atoms with Crippen molar-refractivity contribution in [3.05, 3.63) is 41.0 Å². The third-order valence-electron chi connectivity index (χ3n) is 8.27. The van der Waals surface area contributed by atoms with Crippen LogP contribution in [0.3, 0.4) is 0 Å². The summed E-state index contributed by atoms with van der Waals surface area (Å²) in [5.74, 6) is -0.144. The number of carbonyl (C=O) groups excluding carboxylic acids is 3. The van der Waals surface area contributed by atoms with E-state index in [0.29, 0.717) is 25.1 Å². The van der Waals surface area contributed by atoms with E-state index in [1.54, 1.807) is 11.9 Å². The predicted octanol–water partition coefficient (Wildman–Crippen LogP) is 4.10. The van der Waals surface area contributed by atoms with Gasteiger partial charge in [0.1, 0.15) is 16.9 Å². The second-order valence-electron chi connectivity index (χ2n) is 11.7. The Morgan fingerprint density at radius 1 is 1.03 bits per heavy atom. The third-order valence-corrected chi connectivity index (χ3v) is 8.27. The Hall–Kier alpha value is -2.96. The van der Waals surface area contributed by atoms with Crippen molar-refractivity contribution in [2.75, 3.05) is 13.6 Å². The summed E-state index contributed by atoms with van der Waals surface area (Å²) < 4.78 is 0. The summed E-state index contributed by atoms with van der Waals surface area (Å²) in [6.45, 7) is 6.74. The van der Waals surface area contributed by atoms with E-state index in [0.717, 1.165) is 42.4 Å². The highest BCUT2D eigenvalue weighted by atomic mass is 16.2. The van der Waals surface area contributed by atoms with E-state index in [2.05, 4.69) is 50.4 Å². The lowest BCUT2D eigenvalue weighted by Gasteiger charge is -2.35. The normalized spacial score (nSPS) is 26.2. The van der Waals surface area contributed by atoms with Crippen LogP contribution in [0.15, 0.2) is 29.3 Å². The molecule has 0 radical (unpaired) electrons. The van der Waals surface area contributed by atoms with Crippen molar-refractivity contribution in [1.82, 2.24) is 15.1 Å². The number of amides is 4. The van der Waals surface area contributed by atoms with Gasteiger partial charge in [0.15, 0.2) is 0 Å². The summed E-state index contributed by atoms with van der Waals surface area (Å²) in [7, 11) is 1.69. The number of benzene rings is 1. The van der Waals surface area contributed by atoms with Crippen LogP contribution in [0.2, 0.25) is 0 Å². The Balaban J connectivity index is 1.34. The van der Waals surface area contributed by atoms with Gasteiger partial charge >= 0.3 is 6.03 Å². The van der Waals surface area contributed by atoms with Crippen LogP contribution in [0.1, 0.15) is 76.0 Å². The third kappa shape index (κ3) is 3.89. The van der Waals surface area contributed by atoms with Gasteiger partial charge in [-0.3, -0.25) is 19.9 Å². The molecule has 0 unspecified atom stereocenters. The highest BCUT2D eigenvalue weighted by Crippen LogP contribution is 2.41. The first-order chi connectivity index (χ1) is 16.6. The number of aliphatic imine (C=N–C) groups is 1. The molecule has 1 saturated heterocycles. The molecule has 2 spiro atoms. The number of carbonyl (C=O) groups is 3. The van der Waals surface area contributed by atoms with Gasteiger partial charge in [0.2, 0.25) is 0 Å². The van der Waals surface area contributed by atoms with Crippen LogP contribution < -0.4 is 5.32 Å². The van der Waals surface area contributed by atoms with Gasteiger partial charge < -0.3 is 9.80 Å². The molecule has 5 rings (SSSR count). The number of imide groups is 1. The van der Waals surface area contributed by atoms with Crippen molar-refractivity contribution < 1.29 is 14.4 Å². The van der Waals surface area contributed by atoms with Crippen molar-refractivity contribution in [1.29, 1.82) is 0 Å². The summed E-state index contributed by atoms with van der Waals surface area (Å²) in [6.07, 6.45) is 11.7. The maximum absolute atomic E-state index is 13.5. The van der Waals surface area contributed by atoms with Crippen molar-refractivity contribution in [2.24, 2.45) is 10.4 Å². The van der Waals surface area contributed by atoms with Gasteiger partial charge in [-0.1, -0.05) is 64.0 Å². The minimum Gasteiger partial charge on any atom is -0.312 e. The summed E-state index contributed by atoms with van der Waals surface area (Å²) in [5, 5.41) is 2.45. The molecule has 0 bridgehead atoms. The van der Waals surface area contributed by atoms with E-state index < -0.39 is 11.2 Å². The number of nitrogens with one attached hydrogen (secondary N) is 1. The van der Waals surface area contributed by atoms with Gasteiger partial charge in [0.05, 0.1) is 0 Å². The van der Waals surface area contributed by atoms with Crippen LogP contribution in [-0.2, 0) is 22.4 Å². The van der Waals surface area contributed by atoms with Gasteiger partial charge in [-0.15, -0.1) is 0 Å². The second kappa shape index (κ2) is 8.32. The number of rotatable bonds is 3. The van der Waals surface area contributed by atoms with E-state index in [-0.39, 0.29) is 23.3 Å². The predicted molar refractivity (Wildman–Crippen MR) is 136 cm³/mol. The molecule has 35 heavy (non-hydrogen) atoms. The first-order valence-corrected chi connectivity index (χ1v) is 12.9. The Labute approximate surface area is 207 Å². The highest BCUT2D eigenvalue weighted by molar-refractivity contribution is 6.42. The zero-order valence-corrected chi connectivity index (χ0v) is 21.3. The number of likely N-dealkylation sites (N-methyl/N-ethyl adjacent to an activating group) is 1. The van der Waals surface area contributed by atoms with Crippen molar-refractivity contribution in [3.63, 3.8) is 0 Å². The van der Waals surface area contributed by atoms with Gasteiger partial charge in [-0.25, -0.2) is 4.79 Å². The van der Waals surface area contributed by atoms with Gasteiger partial charge in [-0.05, 0) is 42.4 Å². The second-order valence-corrected chi connectivity index (χ2v) is 11.7. The lowest BCUT2D eigenvalue weighted by atomic mass is 9.89. The minimum atomic E-state index is -0.809. The van der Waals surface area contributed by atoms with Crippen LogP contribution in [0.5, 0.6) is 0 Å². The summed E-state index contributed by atoms with van der Waals surface area (Å²) in [4.78, 5) is 46.7. The molecule has 2 aliphatic heterocycles. The van der Waals surface area contributed by atoms with Gasteiger partial charge in [0.25, 0.3) is 11.8 Å². The van der Waals surface area contributed by atoms with Crippen molar-refractivity contribution in [2.45, 2.75) is 83.3 Å². The molecule has 4 amide bonds. The smallest absolute Gasteiger partial charge is 0.312 e. The molecular weight excluding hydrogens is 440 g/mol. The topological polar surface area (TPSA) is 82.1 Å². The van der Waals surface area contributed by atoms with Crippen LogP contribution in [0.25, 0.3) is 6.08 Å². The monoisotopic (exact) mass is 476 g/mol. The fourth-order valence-corrected chi connectivity index (χ4v) is 6.17. The Morgan fingerprint density at radius 3 is 2.34 bits per heavy atom. The van der Waals surface area contributed by atoms with Crippen molar-refractivity contribution in [3.8, 4) is 0 Å². The van der Waals surface area contributed by atoms with Crippen LogP contribution in [0, 0.1) is 5.41 Å². The lowest BCUT2D eigenvalue weighted by Crippen LogP contribution is -2.48. The number of nitrogens with zero attached hydrogens (tertiary/aromatic N) is 3. The lowest BCUT2D eigenvalue weighted by molar-refractivity contribution is -0.128. The number of hydrogen-bond acceptors (Lipinski definition) is 4. The largest absolute Gasteiger partial charge is 0.324 e. The standard InChI is InChI=1S/C28H36N4O3/c1-26(2,3)22-23(33)32(28(30-22)13-7-5-6-8-14-28)15-9-10-19-11-12-20-17-27(18-21(20)16-19)24(34)29-25(35)31(27)4/h9-12,16H,5-8,13-15,17-18H2,1-4H3,(H,29,34,35)/b10-9+/t27-/m0/s1. The maximum atomic E-state index is 13.5. The van der Waals surface area contributed by atoms with Crippen LogP contribution in [0.4, 0.5) is 4.79 Å². The fraction of sp³-hybridized carbons (Fsp3) is 0.571. The first kappa shape index (κ1) is 23.8. The zero-order chi connectivity index (χ0) is 25.0. The molecule has 2 aliphatic carbocycles. The quantitative estimate of drug-likeness (QED) is 0.667. The Kier molecular flexibility index (Phi) is 5.65. The van der Waals surface area contributed by atoms with Gasteiger partial charge in [-0.2, -0.15) is 0 Å². The van der Waals surface area contributed by atoms with E-state index in [4.69, 9.17) is 4.99 Å². The number of urea groups is 1. The summed E-state index contributed by atoms with van der Waals surface area (Å²) >= 11 is 0. The van der Waals surface area contributed by atoms with E-state index in [1.807, 2.05) is 11.0 Å². The average Bonchev–Trinajstić information content (AvgIpc) is 3.29. The fourth-order valence-electron chi connectivity index (χ4n) is 6.17.